The number of esters is 2. The van der Waals surface area contributed by atoms with Gasteiger partial charge in [0, 0.05) is 18.7 Å². The van der Waals surface area contributed by atoms with Crippen LogP contribution < -0.4 is 0 Å². The zero-order chi connectivity index (χ0) is 11.8. The van der Waals surface area contributed by atoms with E-state index in [2.05, 4.69) is 9.84 Å². The first-order chi connectivity index (χ1) is 8.20. The van der Waals surface area contributed by atoms with Crippen LogP contribution in [-0.2, 0) is 20.9 Å². The van der Waals surface area contributed by atoms with Crippen molar-refractivity contribution in [3.8, 4) is 0 Å². The molecule has 2 aliphatic rings. The summed E-state index contributed by atoms with van der Waals surface area (Å²) in [6, 6.07) is 0. The lowest BCUT2D eigenvalue weighted by Gasteiger charge is -2.18. The van der Waals surface area contributed by atoms with Gasteiger partial charge in [-0.1, -0.05) is 0 Å². The Hall–Kier alpha value is -1.65. The molecule has 0 atom stereocenters. The molecule has 1 saturated heterocycles. The molecule has 1 aromatic rings. The second-order valence-electron chi connectivity index (χ2n) is 4.89. The first-order valence-corrected chi connectivity index (χ1v) is 5.96. The Morgan fingerprint density at radius 3 is 2.65 bits per heavy atom. The van der Waals surface area contributed by atoms with Gasteiger partial charge in [-0.05, 0) is 24.3 Å². The predicted molar refractivity (Wildman–Crippen MR) is 58.0 cm³/mol. The fourth-order valence-corrected chi connectivity index (χ4v) is 2.18. The van der Waals surface area contributed by atoms with Crippen LogP contribution in [0.25, 0.3) is 0 Å². The summed E-state index contributed by atoms with van der Waals surface area (Å²) in [6.45, 7) is 0.950. The van der Waals surface area contributed by atoms with Gasteiger partial charge in [-0.25, -0.2) is 0 Å². The van der Waals surface area contributed by atoms with Crippen molar-refractivity contribution in [2.24, 2.45) is 5.92 Å². The first-order valence-electron chi connectivity index (χ1n) is 5.96. The van der Waals surface area contributed by atoms with E-state index in [4.69, 9.17) is 0 Å². The third-order valence-corrected chi connectivity index (χ3v) is 3.32. The highest BCUT2D eigenvalue weighted by molar-refractivity contribution is 5.89. The number of hydrogen-bond acceptors (Lipinski definition) is 4. The van der Waals surface area contributed by atoms with Crippen LogP contribution in [0.5, 0.6) is 0 Å². The Balaban J connectivity index is 1.71. The van der Waals surface area contributed by atoms with E-state index in [-0.39, 0.29) is 18.8 Å². The van der Waals surface area contributed by atoms with Crippen LogP contribution in [0.2, 0.25) is 0 Å². The SMILES string of the molecule is O=C1CC(c2cnn(CC3CC3)c2)CC(=O)O1. The standard InChI is InChI=1S/C12H14N2O3/c15-11-3-9(4-12(16)17-11)10-5-13-14(7-10)6-8-1-2-8/h5,7-9H,1-4,6H2. The molecule has 0 radical (unpaired) electrons. The fraction of sp³-hybridized carbons (Fsp3) is 0.583. The minimum Gasteiger partial charge on any atom is -0.393 e. The number of nitrogens with zero attached hydrogens (tertiary/aromatic N) is 2. The predicted octanol–water partition coefficient (Wildman–Crippen LogP) is 1.24. The lowest BCUT2D eigenvalue weighted by atomic mass is 9.94. The summed E-state index contributed by atoms with van der Waals surface area (Å²) in [5.74, 6) is -0.153. The average Bonchev–Trinajstić information content (AvgIpc) is 2.93. The highest BCUT2D eigenvalue weighted by Crippen LogP contribution is 2.32. The molecule has 0 unspecified atom stereocenters. The smallest absolute Gasteiger partial charge is 0.314 e. The van der Waals surface area contributed by atoms with E-state index in [1.807, 2.05) is 10.9 Å². The Kier molecular flexibility index (Phi) is 2.46. The van der Waals surface area contributed by atoms with Crippen molar-refractivity contribution in [3.05, 3.63) is 18.0 Å². The van der Waals surface area contributed by atoms with E-state index in [1.165, 1.54) is 12.8 Å². The molecule has 5 nitrogen and oxygen atoms in total. The van der Waals surface area contributed by atoms with Crippen molar-refractivity contribution in [2.45, 2.75) is 38.1 Å². The molecule has 2 fully saturated rings. The van der Waals surface area contributed by atoms with E-state index in [1.54, 1.807) is 6.20 Å². The number of ether oxygens (including phenoxy) is 1. The van der Waals surface area contributed by atoms with Crippen LogP contribution >= 0.6 is 0 Å². The van der Waals surface area contributed by atoms with Crippen LogP contribution in [0.3, 0.4) is 0 Å². The van der Waals surface area contributed by atoms with Gasteiger partial charge in [-0.3, -0.25) is 14.3 Å². The summed E-state index contributed by atoms with van der Waals surface area (Å²) < 4.78 is 6.43. The Bertz CT molecular complexity index is 446. The molecule has 0 spiro atoms. The Labute approximate surface area is 98.7 Å². The minimum atomic E-state index is -0.429. The zero-order valence-electron chi connectivity index (χ0n) is 9.46. The van der Waals surface area contributed by atoms with E-state index in [0.29, 0.717) is 0 Å². The van der Waals surface area contributed by atoms with E-state index < -0.39 is 11.9 Å². The van der Waals surface area contributed by atoms with Gasteiger partial charge < -0.3 is 4.74 Å². The van der Waals surface area contributed by atoms with Crippen molar-refractivity contribution in [1.82, 2.24) is 9.78 Å². The molecule has 90 valence electrons. The third-order valence-electron chi connectivity index (χ3n) is 3.32. The van der Waals surface area contributed by atoms with Gasteiger partial charge in [-0.15, -0.1) is 0 Å². The van der Waals surface area contributed by atoms with Crippen LogP contribution in [0.15, 0.2) is 12.4 Å². The monoisotopic (exact) mass is 234 g/mol. The van der Waals surface area contributed by atoms with Crippen LogP contribution in [0.4, 0.5) is 0 Å². The molecule has 17 heavy (non-hydrogen) atoms. The van der Waals surface area contributed by atoms with Crippen molar-refractivity contribution >= 4 is 11.9 Å². The molecule has 1 aliphatic heterocycles. The zero-order valence-corrected chi connectivity index (χ0v) is 9.46. The lowest BCUT2D eigenvalue weighted by Crippen LogP contribution is -2.24. The van der Waals surface area contributed by atoms with E-state index >= 15 is 0 Å². The second-order valence-corrected chi connectivity index (χ2v) is 4.89. The molecule has 3 rings (SSSR count). The molecule has 1 saturated carbocycles. The Morgan fingerprint density at radius 2 is 2.00 bits per heavy atom. The molecular formula is C12H14N2O3. The van der Waals surface area contributed by atoms with Gasteiger partial charge in [0.25, 0.3) is 0 Å². The van der Waals surface area contributed by atoms with Crippen molar-refractivity contribution in [2.75, 3.05) is 0 Å². The maximum atomic E-state index is 11.2. The molecule has 0 amide bonds. The summed E-state index contributed by atoms with van der Waals surface area (Å²) in [4.78, 5) is 22.4. The number of carbonyl (C=O) groups is 2. The molecule has 5 heteroatoms. The summed E-state index contributed by atoms with van der Waals surface area (Å²) in [5.41, 5.74) is 0.968. The molecule has 0 bridgehead atoms. The topological polar surface area (TPSA) is 61.2 Å². The number of aromatic nitrogens is 2. The molecule has 1 aliphatic carbocycles. The highest BCUT2D eigenvalue weighted by atomic mass is 16.6. The summed E-state index contributed by atoms with van der Waals surface area (Å²) in [6.07, 6.45) is 6.84. The summed E-state index contributed by atoms with van der Waals surface area (Å²) in [7, 11) is 0. The number of cyclic esters (lactones) is 2. The van der Waals surface area contributed by atoms with Gasteiger partial charge in [-0.2, -0.15) is 5.10 Å². The molecule has 2 heterocycles. The molecular weight excluding hydrogens is 220 g/mol. The summed E-state index contributed by atoms with van der Waals surface area (Å²) >= 11 is 0. The number of rotatable bonds is 3. The van der Waals surface area contributed by atoms with Crippen LogP contribution in [0.1, 0.15) is 37.2 Å². The van der Waals surface area contributed by atoms with Crippen LogP contribution in [-0.4, -0.2) is 21.7 Å². The molecule has 0 N–H and O–H groups in total. The minimum absolute atomic E-state index is 0.0586. The first kappa shape index (κ1) is 10.5. The summed E-state index contributed by atoms with van der Waals surface area (Å²) in [5, 5.41) is 4.27. The molecule has 0 aromatic carbocycles. The maximum absolute atomic E-state index is 11.2. The van der Waals surface area contributed by atoms with Crippen molar-refractivity contribution < 1.29 is 14.3 Å². The van der Waals surface area contributed by atoms with Gasteiger partial charge in [0.1, 0.15) is 0 Å². The lowest BCUT2D eigenvalue weighted by molar-refractivity contribution is -0.163. The largest absolute Gasteiger partial charge is 0.393 e. The van der Waals surface area contributed by atoms with Crippen molar-refractivity contribution in [1.29, 1.82) is 0 Å². The van der Waals surface area contributed by atoms with E-state index in [9.17, 15) is 9.59 Å². The average molecular weight is 234 g/mol. The van der Waals surface area contributed by atoms with Crippen LogP contribution in [0, 0.1) is 5.92 Å². The fourth-order valence-electron chi connectivity index (χ4n) is 2.18. The second kappa shape index (κ2) is 3.98. The van der Waals surface area contributed by atoms with Crippen molar-refractivity contribution in [3.63, 3.8) is 0 Å². The molecule has 1 aromatic heterocycles. The van der Waals surface area contributed by atoms with Gasteiger partial charge in [0.2, 0.25) is 0 Å². The van der Waals surface area contributed by atoms with Gasteiger partial charge >= 0.3 is 11.9 Å². The Morgan fingerprint density at radius 1 is 1.29 bits per heavy atom. The number of carbonyl (C=O) groups excluding carboxylic acids is 2. The maximum Gasteiger partial charge on any atom is 0.314 e. The van der Waals surface area contributed by atoms with Gasteiger partial charge in [0.15, 0.2) is 0 Å². The number of hydrogen-bond donors (Lipinski definition) is 0. The van der Waals surface area contributed by atoms with Gasteiger partial charge in [0.05, 0.1) is 19.0 Å². The van der Waals surface area contributed by atoms with E-state index in [0.717, 1.165) is 18.0 Å². The quantitative estimate of drug-likeness (QED) is 0.583. The third kappa shape index (κ3) is 2.38. The normalized spacial score (nSPS) is 21.6. The highest BCUT2D eigenvalue weighted by Gasteiger charge is 2.29.